The molecule has 0 heterocycles. The maximum atomic E-state index is 14.4. The Morgan fingerprint density at radius 1 is 0.700 bits per heavy atom. The van der Waals surface area contributed by atoms with Crippen molar-refractivity contribution in [2.24, 2.45) is 23.7 Å². The van der Waals surface area contributed by atoms with Crippen LogP contribution in [-0.4, -0.2) is 13.2 Å². The molecule has 218 valence electrons. The number of hydrogen-bond acceptors (Lipinski definition) is 2. The van der Waals surface area contributed by atoms with Gasteiger partial charge in [0.2, 0.25) is 11.6 Å². The predicted octanol–water partition coefficient (Wildman–Crippen LogP) is 10.4. The van der Waals surface area contributed by atoms with Crippen molar-refractivity contribution in [2.75, 3.05) is 13.2 Å². The van der Waals surface area contributed by atoms with E-state index >= 15 is 0 Å². The fourth-order valence-electron chi connectivity index (χ4n) is 7.85. The lowest BCUT2D eigenvalue weighted by molar-refractivity contribution is 0.115. The number of benzene rings is 2. The Morgan fingerprint density at radius 2 is 1.27 bits per heavy atom. The van der Waals surface area contributed by atoms with Crippen LogP contribution >= 0.6 is 0 Å². The zero-order valence-electron chi connectivity index (χ0n) is 24.6. The molecule has 2 aromatic rings. The number of allylic oxidation sites excluding steroid dienone is 2. The van der Waals surface area contributed by atoms with Gasteiger partial charge in [0, 0.05) is 0 Å². The van der Waals surface area contributed by atoms with E-state index in [0.29, 0.717) is 25.0 Å². The van der Waals surface area contributed by atoms with E-state index < -0.39 is 11.6 Å². The lowest BCUT2D eigenvalue weighted by Gasteiger charge is -2.42. The maximum Gasteiger partial charge on any atom is 0.204 e. The molecule has 0 amide bonds. The van der Waals surface area contributed by atoms with Gasteiger partial charge in [0.25, 0.3) is 0 Å². The molecule has 0 aliphatic heterocycles. The summed E-state index contributed by atoms with van der Waals surface area (Å²) >= 11 is 0. The van der Waals surface area contributed by atoms with Crippen molar-refractivity contribution in [3.05, 3.63) is 71.3 Å². The second-order valence-electron chi connectivity index (χ2n) is 12.7. The third-order valence-electron chi connectivity index (χ3n) is 10.2. The third-order valence-corrected chi connectivity index (χ3v) is 10.2. The summed E-state index contributed by atoms with van der Waals surface area (Å²) in [6, 6.07) is 12.5. The molecule has 3 fully saturated rings. The predicted molar refractivity (Wildman–Crippen MR) is 159 cm³/mol. The molecule has 0 saturated heterocycles. The molecule has 3 aliphatic carbocycles. The van der Waals surface area contributed by atoms with Crippen LogP contribution in [-0.2, 0) is 0 Å². The van der Waals surface area contributed by atoms with Gasteiger partial charge in [-0.3, -0.25) is 0 Å². The molecule has 2 nitrogen and oxygen atoms in total. The van der Waals surface area contributed by atoms with Crippen LogP contribution in [0.2, 0.25) is 0 Å². The fourth-order valence-corrected chi connectivity index (χ4v) is 7.85. The topological polar surface area (TPSA) is 18.5 Å². The molecule has 0 bridgehead atoms. The minimum Gasteiger partial charge on any atom is -0.491 e. The summed E-state index contributed by atoms with van der Waals surface area (Å²) in [5, 5.41) is 0. The van der Waals surface area contributed by atoms with Crippen molar-refractivity contribution in [3.63, 3.8) is 0 Å². The highest BCUT2D eigenvalue weighted by Crippen LogP contribution is 2.48. The van der Waals surface area contributed by atoms with Crippen molar-refractivity contribution in [2.45, 2.75) is 103 Å². The molecule has 4 heteroatoms. The van der Waals surface area contributed by atoms with E-state index in [9.17, 15) is 8.78 Å². The van der Waals surface area contributed by atoms with E-state index in [1.54, 1.807) is 12.5 Å². The largest absolute Gasteiger partial charge is 0.491 e. The molecule has 4 unspecified atom stereocenters. The van der Waals surface area contributed by atoms with Crippen LogP contribution in [0.3, 0.4) is 0 Å². The first-order valence-corrected chi connectivity index (χ1v) is 16.0. The van der Waals surface area contributed by atoms with Gasteiger partial charge in [0.1, 0.15) is 0 Å². The van der Waals surface area contributed by atoms with E-state index in [-0.39, 0.29) is 11.5 Å². The fraction of sp³-hybridized carbons (Fsp3) is 0.611. The number of halogens is 2. The standard InChI is InChI=1S/C36H48F2O2/c1-3-5-6-7-25-8-13-32-23-31(19-18-30(32)22-25)29-16-14-28(15-17-29)27-11-9-26(10-12-27)24-40-34-21-20-33(39-4-2)35(37)36(34)38/h3,5,14-17,20-21,25-27,30-32H,4,6-13,18-19,22-24H2,1-2H3/b5-3+. The van der Waals surface area contributed by atoms with Crippen LogP contribution in [0.5, 0.6) is 11.5 Å². The molecule has 0 spiro atoms. The maximum absolute atomic E-state index is 14.4. The summed E-state index contributed by atoms with van der Waals surface area (Å²) in [7, 11) is 0. The van der Waals surface area contributed by atoms with Gasteiger partial charge in [-0.05, 0) is 143 Å². The monoisotopic (exact) mass is 550 g/mol. The van der Waals surface area contributed by atoms with Crippen LogP contribution in [0.1, 0.15) is 114 Å². The number of hydrogen-bond donors (Lipinski definition) is 0. The number of fused-ring (bicyclic) bond motifs is 1. The minimum atomic E-state index is -0.970. The van der Waals surface area contributed by atoms with Crippen LogP contribution in [0.25, 0.3) is 0 Å². The molecule has 0 radical (unpaired) electrons. The molecule has 5 rings (SSSR count). The summed E-state index contributed by atoms with van der Waals surface area (Å²) in [5.74, 6) is 2.52. The van der Waals surface area contributed by atoms with Crippen LogP contribution in [0.15, 0.2) is 48.6 Å². The third kappa shape index (κ3) is 7.09. The van der Waals surface area contributed by atoms with Gasteiger partial charge in [0.15, 0.2) is 11.5 Å². The summed E-state index contributed by atoms with van der Waals surface area (Å²) in [5.41, 5.74) is 3.00. The highest BCUT2D eigenvalue weighted by molar-refractivity contribution is 5.35. The Labute approximate surface area is 240 Å². The van der Waals surface area contributed by atoms with Crippen molar-refractivity contribution < 1.29 is 18.3 Å². The van der Waals surface area contributed by atoms with Crippen LogP contribution in [0.4, 0.5) is 8.78 Å². The van der Waals surface area contributed by atoms with Crippen LogP contribution < -0.4 is 9.47 Å². The average Bonchev–Trinajstić information content (AvgIpc) is 2.99. The van der Waals surface area contributed by atoms with Gasteiger partial charge in [-0.1, -0.05) is 42.8 Å². The van der Waals surface area contributed by atoms with Gasteiger partial charge in [0.05, 0.1) is 13.2 Å². The highest BCUT2D eigenvalue weighted by atomic mass is 19.2. The number of rotatable bonds is 10. The first-order chi connectivity index (χ1) is 19.6. The molecule has 3 aliphatic rings. The zero-order chi connectivity index (χ0) is 27.9. The van der Waals surface area contributed by atoms with E-state index in [4.69, 9.17) is 9.47 Å². The van der Waals surface area contributed by atoms with Gasteiger partial charge in [-0.15, -0.1) is 0 Å². The van der Waals surface area contributed by atoms with E-state index in [0.717, 1.165) is 49.4 Å². The smallest absolute Gasteiger partial charge is 0.204 e. The summed E-state index contributed by atoms with van der Waals surface area (Å²) in [4.78, 5) is 0. The lowest BCUT2D eigenvalue weighted by Crippen LogP contribution is -2.30. The van der Waals surface area contributed by atoms with E-state index in [1.165, 1.54) is 69.1 Å². The van der Waals surface area contributed by atoms with Crippen LogP contribution in [0, 0.1) is 35.3 Å². The van der Waals surface area contributed by atoms with Crippen molar-refractivity contribution >= 4 is 0 Å². The Balaban J connectivity index is 1.07. The Hall–Kier alpha value is -2.36. The number of ether oxygens (including phenoxy) is 2. The molecule has 2 aromatic carbocycles. The zero-order valence-corrected chi connectivity index (χ0v) is 24.6. The SMILES string of the molecule is C/C=C/CCC1CCC2CC(c3ccc(C4CCC(COc5ccc(OCC)c(F)c5F)CC4)cc3)CCC2C1. The van der Waals surface area contributed by atoms with E-state index in [1.807, 2.05) is 0 Å². The van der Waals surface area contributed by atoms with Gasteiger partial charge in [-0.2, -0.15) is 8.78 Å². The Morgan fingerprint density at radius 3 is 1.95 bits per heavy atom. The normalized spacial score (nSPS) is 28.8. The molecule has 0 N–H and O–H groups in total. The van der Waals surface area contributed by atoms with Crippen molar-refractivity contribution in [1.29, 1.82) is 0 Å². The summed E-state index contributed by atoms with van der Waals surface area (Å²) in [6.07, 6.45) is 20.0. The average molecular weight is 551 g/mol. The minimum absolute atomic E-state index is 0.0230. The van der Waals surface area contributed by atoms with Crippen molar-refractivity contribution in [1.82, 2.24) is 0 Å². The lowest BCUT2D eigenvalue weighted by atomic mass is 9.63. The molecular formula is C36H48F2O2. The summed E-state index contributed by atoms with van der Waals surface area (Å²) in [6.45, 7) is 4.60. The second-order valence-corrected chi connectivity index (χ2v) is 12.7. The van der Waals surface area contributed by atoms with Gasteiger partial charge in [-0.25, -0.2) is 0 Å². The molecular weight excluding hydrogens is 502 g/mol. The molecule has 4 atom stereocenters. The molecule has 0 aromatic heterocycles. The van der Waals surface area contributed by atoms with Gasteiger partial charge < -0.3 is 9.47 Å². The Kier molecular flexibility index (Phi) is 10.2. The first-order valence-electron chi connectivity index (χ1n) is 16.0. The van der Waals surface area contributed by atoms with Gasteiger partial charge >= 0.3 is 0 Å². The van der Waals surface area contributed by atoms with E-state index in [2.05, 4.69) is 43.3 Å². The molecule has 40 heavy (non-hydrogen) atoms. The first kappa shape index (κ1) is 29.1. The highest BCUT2D eigenvalue weighted by Gasteiger charge is 2.35. The quantitative estimate of drug-likeness (QED) is 0.274. The second kappa shape index (κ2) is 14.0. The van der Waals surface area contributed by atoms with Crippen molar-refractivity contribution in [3.8, 4) is 11.5 Å². The molecule has 3 saturated carbocycles. The Bertz CT molecular complexity index is 1100. The summed E-state index contributed by atoms with van der Waals surface area (Å²) < 4.78 is 39.3.